The molecule has 0 aromatic rings. The molecule has 2 nitrogen and oxygen atoms in total. The van der Waals surface area contributed by atoms with Crippen molar-refractivity contribution in [1.29, 1.82) is 0 Å². The van der Waals surface area contributed by atoms with Crippen molar-refractivity contribution in [3.05, 3.63) is 11.8 Å². The van der Waals surface area contributed by atoms with Gasteiger partial charge in [0, 0.05) is 12.7 Å². The van der Waals surface area contributed by atoms with E-state index in [2.05, 4.69) is 4.99 Å². The van der Waals surface area contributed by atoms with Gasteiger partial charge in [-0.1, -0.05) is 9.24 Å². The average molecular weight is 162 g/mol. The maximum absolute atomic E-state index is 12.5. The molecule has 0 radical (unpaired) electrons. The molecule has 0 spiro atoms. The summed E-state index contributed by atoms with van der Waals surface area (Å²) >= 11 is 0. The van der Waals surface area contributed by atoms with E-state index in [4.69, 9.17) is 5.73 Å². The molecule has 0 aromatic carbocycles. The van der Waals surface area contributed by atoms with E-state index in [0.717, 1.165) is 0 Å². The van der Waals surface area contributed by atoms with Gasteiger partial charge in [0.15, 0.2) is 5.91 Å². The van der Waals surface area contributed by atoms with Crippen molar-refractivity contribution in [2.75, 3.05) is 7.05 Å². The molecule has 0 fully saturated rings. The van der Waals surface area contributed by atoms with Gasteiger partial charge in [-0.25, -0.2) is 4.39 Å². The second-order valence-electron chi connectivity index (χ2n) is 1.94. The maximum Gasteiger partial charge on any atom is 0.154 e. The molecule has 0 aliphatic heterocycles. The molecule has 2 unspecified atom stereocenters. The average Bonchev–Trinajstić information content (AvgIpc) is 1.81. The number of nitrogens with zero attached hydrogens (tertiary/aromatic N) is 1. The second kappa shape index (κ2) is 4.40. The molecule has 0 bridgehead atoms. The Balaban J connectivity index is 4.26. The summed E-state index contributed by atoms with van der Waals surface area (Å²) in [6.45, 7) is 1.69. The molecule has 0 aromatic heterocycles. The van der Waals surface area contributed by atoms with Crippen molar-refractivity contribution >= 4 is 15.0 Å². The Morgan fingerprint density at radius 2 is 2.30 bits per heavy atom. The molecule has 0 saturated carbocycles. The molecule has 0 rings (SSSR count). The van der Waals surface area contributed by atoms with Crippen LogP contribution in [-0.4, -0.2) is 18.7 Å². The zero-order valence-electron chi connectivity index (χ0n) is 6.13. The van der Waals surface area contributed by atoms with Crippen molar-refractivity contribution in [2.24, 2.45) is 10.7 Å². The van der Waals surface area contributed by atoms with Gasteiger partial charge in [0.25, 0.3) is 0 Å². The fraction of sp³-hybridized carbons (Fsp3) is 0.500. The van der Waals surface area contributed by atoms with Gasteiger partial charge in [-0.2, -0.15) is 0 Å². The van der Waals surface area contributed by atoms with Crippen LogP contribution in [0.1, 0.15) is 6.92 Å². The van der Waals surface area contributed by atoms with Crippen LogP contribution in [-0.2, 0) is 0 Å². The van der Waals surface area contributed by atoms with Crippen LogP contribution in [0.25, 0.3) is 0 Å². The van der Waals surface area contributed by atoms with Crippen LogP contribution in [0.15, 0.2) is 16.8 Å². The minimum atomic E-state index is -1.12. The summed E-state index contributed by atoms with van der Waals surface area (Å²) < 4.78 is 12.5. The lowest BCUT2D eigenvalue weighted by Gasteiger charge is -2.00. The zero-order valence-corrected chi connectivity index (χ0v) is 7.29. The normalized spacial score (nSPS) is 17.2. The Hall–Kier alpha value is -0.430. The van der Waals surface area contributed by atoms with E-state index in [1.807, 2.05) is 9.24 Å². The van der Waals surface area contributed by atoms with Crippen LogP contribution < -0.4 is 5.73 Å². The number of aliphatic imine (C=N–C) groups is 1. The highest BCUT2D eigenvalue weighted by molar-refractivity contribution is 7.19. The quantitative estimate of drug-likeness (QED) is 0.479. The van der Waals surface area contributed by atoms with E-state index < -0.39 is 5.91 Å². The number of hydrogen-bond donors (Lipinski definition) is 1. The minimum absolute atomic E-state index is 0.352. The predicted molar refractivity (Wildman–Crippen MR) is 45.9 cm³/mol. The molecule has 58 valence electrons. The third-order valence-electron chi connectivity index (χ3n) is 0.916. The largest absolute Gasteiger partial charge is 0.402 e. The Kier molecular flexibility index (Phi) is 4.21. The maximum atomic E-state index is 12.5. The summed E-state index contributed by atoms with van der Waals surface area (Å²) in [4.78, 5) is 3.69. The van der Waals surface area contributed by atoms with Gasteiger partial charge in [-0.15, -0.1) is 0 Å². The van der Waals surface area contributed by atoms with Gasteiger partial charge in [0.1, 0.15) is 0 Å². The highest BCUT2D eigenvalue weighted by atomic mass is 31.0. The number of halogens is 1. The van der Waals surface area contributed by atoms with Crippen molar-refractivity contribution in [1.82, 2.24) is 0 Å². The van der Waals surface area contributed by atoms with Crippen molar-refractivity contribution < 1.29 is 4.39 Å². The predicted octanol–water partition coefficient (Wildman–Crippen LogP) is 1.09. The highest BCUT2D eigenvalue weighted by Crippen LogP contribution is 2.05. The first-order chi connectivity index (χ1) is 4.57. The van der Waals surface area contributed by atoms with Crippen LogP contribution >= 0.6 is 9.24 Å². The van der Waals surface area contributed by atoms with Gasteiger partial charge in [0.2, 0.25) is 0 Å². The van der Waals surface area contributed by atoms with Gasteiger partial charge in [-0.3, -0.25) is 4.99 Å². The van der Waals surface area contributed by atoms with Crippen molar-refractivity contribution in [3.63, 3.8) is 0 Å². The minimum Gasteiger partial charge on any atom is -0.402 e. The number of hydrogen-bond acceptors (Lipinski definition) is 2. The fourth-order valence-electron chi connectivity index (χ4n) is 0.501. The van der Waals surface area contributed by atoms with Crippen LogP contribution in [0.5, 0.6) is 0 Å². The number of nitrogens with two attached hydrogens (primary N) is 1. The number of alkyl halides is 1. The summed E-state index contributed by atoms with van der Waals surface area (Å²) in [7, 11) is 3.54. The summed E-state index contributed by atoms with van der Waals surface area (Å²) in [6.07, 6.45) is 1.51. The molecular weight excluding hydrogens is 150 g/mol. The molecule has 0 amide bonds. The first-order valence-corrected chi connectivity index (χ1v) is 3.54. The lowest BCUT2D eigenvalue weighted by atomic mass is 10.3. The molecule has 0 aliphatic rings. The third-order valence-corrected chi connectivity index (χ3v) is 1.26. The topological polar surface area (TPSA) is 38.4 Å². The third kappa shape index (κ3) is 3.57. The highest BCUT2D eigenvalue weighted by Gasteiger charge is 2.03. The number of allylic oxidation sites excluding steroid dienone is 2. The van der Waals surface area contributed by atoms with E-state index in [1.54, 1.807) is 6.92 Å². The first kappa shape index (κ1) is 9.57. The van der Waals surface area contributed by atoms with Crippen LogP contribution in [0.4, 0.5) is 4.39 Å². The Morgan fingerprint density at radius 1 is 1.80 bits per heavy atom. The van der Waals surface area contributed by atoms with Crippen molar-refractivity contribution in [3.8, 4) is 0 Å². The van der Waals surface area contributed by atoms with Crippen LogP contribution in [0.3, 0.4) is 0 Å². The van der Waals surface area contributed by atoms with Gasteiger partial charge >= 0.3 is 0 Å². The molecule has 4 heteroatoms. The zero-order chi connectivity index (χ0) is 8.15. The van der Waals surface area contributed by atoms with Gasteiger partial charge in [0.05, 0.1) is 5.71 Å². The van der Waals surface area contributed by atoms with Crippen LogP contribution in [0.2, 0.25) is 0 Å². The summed E-state index contributed by atoms with van der Waals surface area (Å²) in [6, 6.07) is 0. The summed E-state index contributed by atoms with van der Waals surface area (Å²) in [5.41, 5.74) is 6.22. The van der Waals surface area contributed by atoms with Crippen molar-refractivity contribution in [2.45, 2.75) is 12.8 Å². The standard InChI is InChI=1S/C6H12FN2P/c1-4(8)3-5(9-2)6(7)10/h3,6H,8,10H2,1-2H3/b4-3+,9-5?. The molecule has 0 saturated heterocycles. The van der Waals surface area contributed by atoms with E-state index in [1.165, 1.54) is 13.1 Å². The summed E-state index contributed by atoms with van der Waals surface area (Å²) in [5, 5.41) is 0. The molecule has 0 heterocycles. The Labute approximate surface area is 62.6 Å². The van der Waals surface area contributed by atoms with E-state index in [-0.39, 0.29) is 0 Å². The molecule has 10 heavy (non-hydrogen) atoms. The Bertz CT molecular complexity index is 159. The molecule has 2 N–H and O–H groups in total. The van der Waals surface area contributed by atoms with E-state index in [0.29, 0.717) is 11.4 Å². The van der Waals surface area contributed by atoms with Crippen LogP contribution in [0, 0.1) is 0 Å². The Morgan fingerprint density at radius 3 is 2.40 bits per heavy atom. The number of rotatable bonds is 2. The smallest absolute Gasteiger partial charge is 0.154 e. The van der Waals surface area contributed by atoms with E-state index >= 15 is 0 Å². The first-order valence-electron chi connectivity index (χ1n) is 2.88. The molecule has 2 atom stereocenters. The SMILES string of the molecule is CN=C(/C=C(\C)N)C(F)P. The lowest BCUT2D eigenvalue weighted by molar-refractivity contribution is 0.542. The fourth-order valence-corrected chi connectivity index (χ4v) is 0.746. The second-order valence-corrected chi connectivity index (χ2v) is 2.52. The lowest BCUT2D eigenvalue weighted by Crippen LogP contribution is -2.07. The molecule has 0 aliphatic carbocycles. The summed E-state index contributed by atoms with van der Waals surface area (Å²) in [5.74, 6) is -1.12. The van der Waals surface area contributed by atoms with Gasteiger partial charge in [-0.05, 0) is 13.0 Å². The van der Waals surface area contributed by atoms with E-state index in [9.17, 15) is 4.39 Å². The monoisotopic (exact) mass is 162 g/mol. The van der Waals surface area contributed by atoms with Gasteiger partial charge < -0.3 is 5.73 Å². The molecular formula is C6H12FN2P.